The molecule has 1 aliphatic heterocycles. The first-order valence-electron chi connectivity index (χ1n) is 9.95. The zero-order valence-electron chi connectivity index (χ0n) is 16.0. The summed E-state index contributed by atoms with van der Waals surface area (Å²) in [5.74, 6) is 0.681. The van der Waals surface area contributed by atoms with E-state index in [4.69, 9.17) is 14.0 Å². The molecule has 1 saturated heterocycles. The van der Waals surface area contributed by atoms with E-state index < -0.39 is 12.2 Å². The molecule has 3 N–H and O–H groups in total. The maximum Gasteiger partial charge on any atom is 0.315 e. The van der Waals surface area contributed by atoms with Crippen molar-refractivity contribution in [3.8, 4) is 0 Å². The number of hydrogen-bond donors (Lipinski definition) is 3. The maximum atomic E-state index is 12.1. The van der Waals surface area contributed by atoms with E-state index in [9.17, 15) is 9.90 Å². The molecule has 1 aliphatic carbocycles. The van der Waals surface area contributed by atoms with Crippen molar-refractivity contribution in [3.63, 3.8) is 0 Å². The van der Waals surface area contributed by atoms with Crippen LogP contribution in [0.3, 0.4) is 0 Å². The van der Waals surface area contributed by atoms with Gasteiger partial charge >= 0.3 is 6.03 Å². The minimum atomic E-state index is -0.572. The van der Waals surface area contributed by atoms with Crippen LogP contribution in [0.2, 0.25) is 0 Å². The van der Waals surface area contributed by atoms with Crippen molar-refractivity contribution in [3.05, 3.63) is 17.5 Å². The number of aliphatic hydroxyl groups excluding tert-OH is 1. The minimum Gasteiger partial charge on any atom is -0.390 e. The molecular formula is C19H31N3O5. The molecule has 0 spiro atoms. The average Bonchev–Trinajstić information content (AvgIpc) is 3.10. The highest BCUT2D eigenvalue weighted by Gasteiger charge is 2.31. The van der Waals surface area contributed by atoms with E-state index in [-0.39, 0.29) is 18.2 Å². The van der Waals surface area contributed by atoms with E-state index in [2.05, 4.69) is 15.8 Å². The number of carbonyl (C=O) groups excluding carboxylic acids is 1. The van der Waals surface area contributed by atoms with Crippen molar-refractivity contribution in [2.45, 2.75) is 82.3 Å². The Morgan fingerprint density at radius 1 is 1.30 bits per heavy atom. The van der Waals surface area contributed by atoms with Gasteiger partial charge in [0.1, 0.15) is 12.7 Å². The van der Waals surface area contributed by atoms with Crippen LogP contribution < -0.4 is 10.6 Å². The molecule has 8 nitrogen and oxygen atoms in total. The normalized spacial score (nSPS) is 26.7. The fraction of sp³-hybridized carbons (Fsp3) is 0.789. The van der Waals surface area contributed by atoms with Gasteiger partial charge in [-0.1, -0.05) is 24.4 Å². The molecular weight excluding hydrogens is 350 g/mol. The van der Waals surface area contributed by atoms with Gasteiger partial charge in [0, 0.05) is 32.2 Å². The Morgan fingerprint density at radius 3 is 2.89 bits per heavy atom. The van der Waals surface area contributed by atoms with Gasteiger partial charge in [0.25, 0.3) is 0 Å². The molecule has 0 radical (unpaired) electrons. The molecule has 3 atom stereocenters. The van der Waals surface area contributed by atoms with Gasteiger partial charge < -0.3 is 29.7 Å². The summed E-state index contributed by atoms with van der Waals surface area (Å²) >= 11 is 0. The first-order chi connectivity index (χ1) is 13.1. The summed E-state index contributed by atoms with van der Waals surface area (Å²) in [6.45, 7) is 0.684. The number of amides is 2. The zero-order valence-corrected chi connectivity index (χ0v) is 16.0. The van der Waals surface area contributed by atoms with Crippen LogP contribution in [0.15, 0.2) is 10.6 Å². The Labute approximate surface area is 160 Å². The Morgan fingerprint density at radius 2 is 2.11 bits per heavy atom. The molecule has 1 saturated carbocycles. The Kier molecular flexibility index (Phi) is 7.49. The number of urea groups is 1. The lowest BCUT2D eigenvalue weighted by Gasteiger charge is -2.34. The summed E-state index contributed by atoms with van der Waals surface area (Å²) in [5, 5.41) is 20.1. The lowest BCUT2D eigenvalue weighted by Crippen LogP contribution is -2.50. The molecule has 1 aromatic rings. The Hall–Kier alpha value is -1.64. The number of nitrogens with zero attached hydrogens (tertiary/aromatic N) is 1. The van der Waals surface area contributed by atoms with Gasteiger partial charge in [0.05, 0.1) is 17.9 Å². The molecule has 3 rings (SSSR count). The molecule has 27 heavy (non-hydrogen) atoms. The smallest absolute Gasteiger partial charge is 0.315 e. The molecule has 2 heterocycles. The average molecular weight is 381 g/mol. The van der Waals surface area contributed by atoms with Crippen LogP contribution in [0.4, 0.5) is 4.79 Å². The summed E-state index contributed by atoms with van der Waals surface area (Å²) in [6, 6.07) is 1.95. The van der Waals surface area contributed by atoms with E-state index in [1.165, 1.54) is 19.3 Å². The third-order valence-electron chi connectivity index (χ3n) is 5.32. The molecule has 152 valence electrons. The van der Waals surface area contributed by atoms with E-state index >= 15 is 0 Å². The second-order valence-corrected chi connectivity index (χ2v) is 7.55. The van der Waals surface area contributed by atoms with Gasteiger partial charge in [-0.25, -0.2) is 4.79 Å². The van der Waals surface area contributed by atoms with Crippen LogP contribution in [0.5, 0.6) is 0 Å². The lowest BCUT2D eigenvalue weighted by molar-refractivity contribution is -0.113. The number of aliphatic hydroxyl groups is 1. The highest BCUT2D eigenvalue weighted by atomic mass is 16.5. The van der Waals surface area contributed by atoms with Gasteiger partial charge in [-0.15, -0.1) is 0 Å². The fourth-order valence-corrected chi connectivity index (χ4v) is 3.85. The number of aromatic nitrogens is 1. The molecule has 2 fully saturated rings. The van der Waals surface area contributed by atoms with Gasteiger partial charge in [-0.2, -0.15) is 0 Å². The molecule has 0 aromatic carbocycles. The van der Waals surface area contributed by atoms with E-state index in [1.807, 2.05) is 6.07 Å². The molecule has 1 aromatic heterocycles. The third-order valence-corrected chi connectivity index (χ3v) is 5.32. The van der Waals surface area contributed by atoms with E-state index in [0.717, 1.165) is 25.0 Å². The zero-order chi connectivity index (χ0) is 19.1. The van der Waals surface area contributed by atoms with E-state index in [0.29, 0.717) is 31.8 Å². The predicted octanol–water partition coefficient (Wildman–Crippen LogP) is 1.90. The summed E-state index contributed by atoms with van der Waals surface area (Å²) in [4.78, 5) is 12.1. The monoisotopic (exact) mass is 381 g/mol. The third kappa shape index (κ3) is 6.19. The lowest BCUT2D eigenvalue weighted by atomic mass is 9.96. The minimum absolute atomic E-state index is 0.0536. The number of methoxy groups -OCH3 is 1. The SMILES string of the molecule is COCc1cc(C[C@@H]2CC[C@H](O)[C@@H](CNC(=O)NC3CCCCC3)O2)no1. The van der Waals surface area contributed by atoms with Crippen molar-refractivity contribution in [1.82, 2.24) is 15.8 Å². The van der Waals surface area contributed by atoms with Crippen LogP contribution in [0.25, 0.3) is 0 Å². The fourth-order valence-electron chi connectivity index (χ4n) is 3.85. The van der Waals surface area contributed by atoms with Gasteiger partial charge in [-0.05, 0) is 25.7 Å². The molecule has 2 aliphatic rings. The van der Waals surface area contributed by atoms with Crippen molar-refractivity contribution in [1.29, 1.82) is 0 Å². The van der Waals surface area contributed by atoms with E-state index in [1.54, 1.807) is 7.11 Å². The Balaban J connectivity index is 1.42. The van der Waals surface area contributed by atoms with Crippen molar-refractivity contribution >= 4 is 6.03 Å². The second-order valence-electron chi connectivity index (χ2n) is 7.55. The first-order valence-corrected chi connectivity index (χ1v) is 9.95. The highest BCUT2D eigenvalue weighted by molar-refractivity contribution is 5.74. The summed E-state index contributed by atoms with van der Waals surface area (Å²) in [7, 11) is 1.61. The second kappa shape index (κ2) is 10.1. The highest BCUT2D eigenvalue weighted by Crippen LogP contribution is 2.23. The molecule has 0 bridgehead atoms. The quantitative estimate of drug-likeness (QED) is 0.666. The predicted molar refractivity (Wildman–Crippen MR) is 98.2 cm³/mol. The van der Waals surface area contributed by atoms with Crippen LogP contribution in [-0.2, 0) is 22.5 Å². The van der Waals surface area contributed by atoms with Gasteiger partial charge in [0.15, 0.2) is 5.76 Å². The standard InChI is InChI=1S/C19H31N3O5/c1-25-12-16-10-14(22-27-16)9-15-7-8-17(23)18(26-15)11-20-19(24)21-13-5-3-2-4-6-13/h10,13,15,17-18,23H,2-9,11-12H2,1H3,(H2,20,21,24)/t15-,17-,18+/m0/s1. The maximum absolute atomic E-state index is 12.1. The largest absolute Gasteiger partial charge is 0.390 e. The number of nitrogens with one attached hydrogen (secondary N) is 2. The van der Waals surface area contributed by atoms with Crippen molar-refractivity contribution < 1.29 is 23.9 Å². The summed E-state index contributed by atoms with van der Waals surface area (Å²) in [6.07, 6.45) is 6.65. The van der Waals surface area contributed by atoms with Crippen LogP contribution in [0.1, 0.15) is 56.4 Å². The van der Waals surface area contributed by atoms with Crippen molar-refractivity contribution in [2.24, 2.45) is 0 Å². The topological polar surface area (TPSA) is 106 Å². The summed E-state index contributed by atoms with van der Waals surface area (Å²) < 4.78 is 16.2. The Bertz CT molecular complexity index is 588. The summed E-state index contributed by atoms with van der Waals surface area (Å²) in [5.41, 5.74) is 0.810. The van der Waals surface area contributed by atoms with Gasteiger partial charge in [-0.3, -0.25) is 0 Å². The first kappa shape index (κ1) is 20.1. The molecule has 0 unspecified atom stereocenters. The van der Waals surface area contributed by atoms with Gasteiger partial charge in [0.2, 0.25) is 0 Å². The molecule has 8 heteroatoms. The molecule has 2 amide bonds. The van der Waals surface area contributed by atoms with Crippen LogP contribution in [0, 0.1) is 0 Å². The number of carbonyl (C=O) groups is 1. The number of ether oxygens (including phenoxy) is 2. The van der Waals surface area contributed by atoms with Crippen LogP contribution in [-0.4, -0.2) is 54.3 Å². The van der Waals surface area contributed by atoms with Crippen LogP contribution >= 0.6 is 0 Å². The van der Waals surface area contributed by atoms with Crippen molar-refractivity contribution in [2.75, 3.05) is 13.7 Å². The number of hydrogen-bond acceptors (Lipinski definition) is 6. The number of rotatable bonds is 7.